The van der Waals surface area contributed by atoms with E-state index in [0.717, 1.165) is 0 Å². The van der Waals surface area contributed by atoms with Crippen molar-refractivity contribution in [1.29, 1.82) is 0 Å². The zero-order chi connectivity index (χ0) is 40.8. The number of hydrogen-bond acceptors (Lipinski definition) is 2. The number of hydrogen-bond donors (Lipinski definition) is 0. The Hall–Kier alpha value is -3.29. The fourth-order valence-corrected chi connectivity index (χ4v) is 9.40. The Morgan fingerprint density at radius 3 is 0.672 bits per heavy atom. The van der Waals surface area contributed by atoms with Crippen molar-refractivity contribution in [2.24, 2.45) is 0 Å². The molecule has 0 amide bonds. The van der Waals surface area contributed by atoms with Crippen LogP contribution in [0.4, 0.5) is 0 Å². The molecule has 8 bridgehead atoms. The Kier molecular flexibility index (Phi) is 12.4. The van der Waals surface area contributed by atoms with Crippen LogP contribution >= 0.6 is 102 Å². The summed E-state index contributed by atoms with van der Waals surface area (Å²) < 4.78 is 0. The third-order valence-electron chi connectivity index (χ3n) is 9.46. The van der Waals surface area contributed by atoms with E-state index < -0.39 is 0 Å². The molecule has 0 saturated heterocycles. The van der Waals surface area contributed by atoms with Gasteiger partial charge in [-0.25, -0.2) is 9.97 Å². The molecule has 5 heterocycles. The molecule has 9 rings (SSSR count). The van der Waals surface area contributed by atoms with E-state index in [4.69, 9.17) is 113 Å². The third-order valence-corrected chi connectivity index (χ3v) is 12.0. The van der Waals surface area contributed by atoms with Crippen LogP contribution in [0.3, 0.4) is 0 Å². The van der Waals surface area contributed by atoms with Gasteiger partial charge in [0.15, 0.2) is 0 Å². The fraction of sp³-hybridized carbons (Fsp3) is 0. The van der Waals surface area contributed by atoms with E-state index in [2.05, 4.69) is 9.69 Å². The molecule has 0 unspecified atom stereocenters. The van der Waals surface area contributed by atoms with E-state index in [9.17, 15) is 0 Å². The molecule has 0 saturated carbocycles. The summed E-state index contributed by atoms with van der Waals surface area (Å²) in [5, 5.41) is 3.32. The van der Waals surface area contributed by atoms with Gasteiger partial charge in [-0.2, -0.15) is 0 Å². The van der Waals surface area contributed by atoms with Gasteiger partial charge in [-0.3, -0.25) is 0 Å². The molecule has 288 valence electrons. The van der Waals surface area contributed by atoms with Crippen molar-refractivity contribution < 1.29 is 17.3 Å². The number of benzene rings is 4. The fourth-order valence-electron chi connectivity index (χ4n) is 7.06. The standard InChI is InChI=1S/C44H20Cl8N4.ClH.Rh/c45-21-5-1-6-22(46)37(21)41-29-13-15-31(53-29)42(38-23(47)7-2-8-24(38)48)33-17-19-35(55-33)44(40-27(51)11-4-12-28(40)52)36-20-18-34(56-36)43(32-16-14-30(41)54-32)39-25(49)9-3-10-26(39)50;;/h1-20H;1H;/q-2;;+3/p-1. The van der Waals surface area contributed by atoms with Gasteiger partial charge in [-0.1, -0.05) is 141 Å². The van der Waals surface area contributed by atoms with Gasteiger partial charge in [-0.15, -0.1) is 22.1 Å². The van der Waals surface area contributed by atoms with Crippen molar-refractivity contribution in [3.05, 3.63) is 160 Å². The van der Waals surface area contributed by atoms with Crippen LogP contribution in [0.2, 0.25) is 40.2 Å². The molecule has 0 fully saturated rings. The first-order valence-electron chi connectivity index (χ1n) is 17.0. The molecule has 14 heteroatoms. The quantitative estimate of drug-likeness (QED) is 0.165. The summed E-state index contributed by atoms with van der Waals surface area (Å²) in [5.41, 5.74) is 8.93. The summed E-state index contributed by atoms with van der Waals surface area (Å²) in [7, 11) is 4.53. The predicted molar refractivity (Wildman–Crippen MR) is 244 cm³/mol. The Morgan fingerprint density at radius 1 is 0.293 bits per heavy atom. The van der Waals surface area contributed by atoms with Crippen LogP contribution in [0.1, 0.15) is 22.8 Å². The van der Waals surface area contributed by atoms with E-state index in [1.807, 2.05) is 65.9 Å². The van der Waals surface area contributed by atoms with Crippen LogP contribution in [0.15, 0.2) is 97.1 Å². The van der Waals surface area contributed by atoms with Crippen LogP contribution in [-0.2, 0) is 17.3 Å². The van der Waals surface area contributed by atoms with Crippen molar-refractivity contribution in [2.45, 2.75) is 0 Å². The van der Waals surface area contributed by atoms with Crippen LogP contribution in [0.25, 0.3) is 90.9 Å². The van der Waals surface area contributed by atoms with Crippen LogP contribution in [0, 0.1) is 0 Å². The van der Waals surface area contributed by atoms with E-state index in [0.29, 0.717) is 130 Å². The molecule has 0 spiro atoms. The molecular formula is C44H20Cl9N4Rh. The molecule has 0 radical (unpaired) electrons. The van der Waals surface area contributed by atoms with Crippen molar-refractivity contribution in [2.75, 3.05) is 0 Å². The molecule has 4 aromatic carbocycles. The Labute approximate surface area is 387 Å². The monoisotopic (exact) mass is 1020 g/mol. The van der Waals surface area contributed by atoms with Crippen molar-refractivity contribution in [3.63, 3.8) is 0 Å². The van der Waals surface area contributed by atoms with Crippen molar-refractivity contribution >= 4 is 149 Å². The Balaban J connectivity index is 0.00000231. The van der Waals surface area contributed by atoms with Gasteiger partial charge in [-0.05, 0) is 95.1 Å². The van der Waals surface area contributed by atoms with Gasteiger partial charge >= 0.3 is 27.0 Å². The van der Waals surface area contributed by atoms with Gasteiger partial charge < -0.3 is 9.97 Å². The molecule has 7 aromatic rings. The second-order valence-electron chi connectivity index (χ2n) is 12.7. The second kappa shape index (κ2) is 17.4. The first kappa shape index (κ1) is 41.4. The topological polar surface area (TPSA) is 54.0 Å². The summed E-state index contributed by atoms with van der Waals surface area (Å²) >= 11 is 57.4. The minimum atomic E-state index is 0.415. The predicted octanol–water partition coefficient (Wildman–Crippen LogP) is 16.5. The zero-order valence-corrected chi connectivity index (χ0v) is 37.5. The van der Waals surface area contributed by atoms with Crippen molar-refractivity contribution in [1.82, 2.24) is 19.9 Å². The molecule has 2 aliphatic rings. The first-order chi connectivity index (χ1) is 28.1. The number of aromatic nitrogens is 4. The first-order valence-corrected chi connectivity index (χ1v) is 22.2. The average molecular weight is 1030 g/mol. The van der Waals surface area contributed by atoms with E-state index in [-0.39, 0.29) is 0 Å². The summed E-state index contributed by atoms with van der Waals surface area (Å²) in [6.45, 7) is 0. The molecule has 4 nitrogen and oxygen atoms in total. The van der Waals surface area contributed by atoms with E-state index >= 15 is 0 Å². The summed E-state index contributed by atoms with van der Waals surface area (Å²) in [6, 6.07) is 28.8. The molecule has 3 aromatic heterocycles. The zero-order valence-electron chi connectivity index (χ0n) is 29.1. The number of rotatable bonds is 4. The maximum absolute atomic E-state index is 6.93. The van der Waals surface area contributed by atoms with Gasteiger partial charge in [0.05, 0.1) is 22.8 Å². The molecule has 2 aliphatic heterocycles. The van der Waals surface area contributed by atoms with Gasteiger partial charge in [0.1, 0.15) is 0 Å². The third kappa shape index (κ3) is 7.54. The minimum absolute atomic E-state index is 0.415. The normalized spacial score (nSPS) is 11.8. The molecule has 0 atom stereocenters. The molecule has 58 heavy (non-hydrogen) atoms. The SMILES string of the molecule is Clc1cccc(Cl)c1-c1c2nc(c(-c3c(Cl)cccc3Cl)c3ccc([n-]3)c(-c3c(Cl)cccc3Cl)c3nc(c(-c4c(Cl)cccc4Cl)c4ccc1[n-]4)C=C3)C=C2.[Cl][Rh+2]. The Bertz CT molecular complexity index is 2560. The van der Waals surface area contributed by atoms with Crippen molar-refractivity contribution in [3.8, 4) is 44.5 Å². The Morgan fingerprint density at radius 2 is 0.483 bits per heavy atom. The number of fused-ring (bicyclic) bond motifs is 8. The summed E-state index contributed by atoms with van der Waals surface area (Å²) in [4.78, 5) is 20.8. The van der Waals surface area contributed by atoms with Crippen LogP contribution in [0.5, 0.6) is 0 Å². The molecular weight excluding hydrogens is 1010 g/mol. The molecule has 0 N–H and O–H groups in total. The number of halogens is 9. The van der Waals surface area contributed by atoms with Gasteiger partial charge in [0.2, 0.25) is 0 Å². The van der Waals surface area contributed by atoms with Gasteiger partial charge in [0.25, 0.3) is 0 Å². The summed E-state index contributed by atoms with van der Waals surface area (Å²) in [6.07, 6.45) is 7.53. The maximum atomic E-state index is 6.93. The average Bonchev–Trinajstić information content (AvgIpc) is 4.04. The summed E-state index contributed by atoms with van der Waals surface area (Å²) in [5.74, 6) is 0. The number of nitrogens with zero attached hydrogens (tertiary/aromatic N) is 4. The van der Waals surface area contributed by atoms with Crippen LogP contribution < -0.4 is 9.97 Å². The molecule has 0 aliphatic carbocycles. The second-order valence-corrected chi connectivity index (χ2v) is 16.0. The van der Waals surface area contributed by atoms with Crippen LogP contribution in [-0.4, -0.2) is 9.97 Å². The van der Waals surface area contributed by atoms with E-state index in [1.165, 1.54) is 0 Å². The van der Waals surface area contributed by atoms with E-state index in [1.54, 1.807) is 72.8 Å². The van der Waals surface area contributed by atoms with Gasteiger partial charge in [0, 0.05) is 62.4 Å².